The molecule has 17 heavy (non-hydrogen) atoms. The van der Waals surface area contributed by atoms with E-state index in [2.05, 4.69) is 37.1 Å². The van der Waals surface area contributed by atoms with E-state index in [1.54, 1.807) is 0 Å². The number of hydrogen-bond acceptors (Lipinski definition) is 2. The molecule has 3 nitrogen and oxygen atoms in total. The minimum Gasteiger partial charge on any atom is -0.310 e. The molecule has 1 amide bonds. The molecule has 0 bridgehead atoms. The molecule has 1 aromatic heterocycles. The molecule has 2 rings (SSSR count). The van der Waals surface area contributed by atoms with Crippen molar-refractivity contribution in [2.24, 2.45) is 5.41 Å². The monoisotopic (exact) mass is 232 g/mol. The number of nitrogens with zero attached hydrogens (tertiary/aromatic N) is 1. The Kier molecular flexibility index (Phi) is 2.53. The average Bonchev–Trinajstić information content (AvgIpc) is 2.17. The van der Waals surface area contributed by atoms with Crippen molar-refractivity contribution in [1.29, 1.82) is 0 Å². The number of fused-ring (bicyclic) bond motifs is 1. The van der Waals surface area contributed by atoms with Crippen LogP contribution in [-0.2, 0) is 16.6 Å². The predicted octanol–water partition coefficient (Wildman–Crippen LogP) is 2.90. The van der Waals surface area contributed by atoms with Gasteiger partial charge in [0.05, 0.1) is 0 Å². The van der Waals surface area contributed by atoms with E-state index in [9.17, 15) is 4.79 Å². The maximum Gasteiger partial charge on any atom is 0.231 e. The third-order valence-electron chi connectivity index (χ3n) is 3.31. The van der Waals surface area contributed by atoms with Gasteiger partial charge in [-0.3, -0.25) is 4.79 Å². The fraction of sp³-hybridized carbons (Fsp3) is 0.571. The standard InChI is InChI=1S/C14H20N2O/c1-13(2,3)10-6-9-7-14(4,5)12(17)16-11(9)15-8-10/h6,8H,7H2,1-5H3,(H,15,16,17). The van der Waals surface area contributed by atoms with Gasteiger partial charge in [0.1, 0.15) is 5.82 Å². The molecule has 0 aliphatic carbocycles. The minimum absolute atomic E-state index is 0.0565. The maximum absolute atomic E-state index is 11.8. The molecule has 0 spiro atoms. The van der Waals surface area contributed by atoms with Gasteiger partial charge in [-0.05, 0) is 23.0 Å². The number of anilines is 1. The molecule has 0 fully saturated rings. The van der Waals surface area contributed by atoms with Crippen molar-refractivity contribution >= 4 is 11.7 Å². The lowest BCUT2D eigenvalue weighted by Crippen LogP contribution is -2.37. The van der Waals surface area contributed by atoms with Crippen LogP contribution in [0.3, 0.4) is 0 Å². The highest BCUT2D eigenvalue weighted by molar-refractivity contribution is 5.97. The summed E-state index contributed by atoms with van der Waals surface area (Å²) in [5, 5.41) is 2.88. The number of rotatable bonds is 0. The zero-order valence-corrected chi connectivity index (χ0v) is 11.2. The van der Waals surface area contributed by atoms with Gasteiger partial charge in [-0.15, -0.1) is 0 Å². The van der Waals surface area contributed by atoms with E-state index in [-0.39, 0.29) is 16.7 Å². The Morgan fingerprint density at radius 3 is 2.59 bits per heavy atom. The van der Waals surface area contributed by atoms with Crippen LogP contribution in [0.4, 0.5) is 5.82 Å². The largest absolute Gasteiger partial charge is 0.310 e. The summed E-state index contributed by atoms with van der Waals surface area (Å²) in [6.07, 6.45) is 2.61. The molecular weight excluding hydrogens is 212 g/mol. The SMILES string of the molecule is CC1(C)Cc2cc(C(C)(C)C)cnc2NC1=O. The Bertz CT molecular complexity index is 470. The molecule has 1 aliphatic rings. The van der Waals surface area contributed by atoms with Crippen LogP contribution in [0.25, 0.3) is 0 Å². The van der Waals surface area contributed by atoms with Crippen LogP contribution >= 0.6 is 0 Å². The van der Waals surface area contributed by atoms with Gasteiger partial charge < -0.3 is 5.32 Å². The predicted molar refractivity (Wildman–Crippen MR) is 69.1 cm³/mol. The first-order valence-electron chi connectivity index (χ1n) is 6.01. The van der Waals surface area contributed by atoms with E-state index in [0.717, 1.165) is 17.8 Å². The van der Waals surface area contributed by atoms with Gasteiger partial charge >= 0.3 is 0 Å². The Labute approximate surface area is 103 Å². The third-order valence-corrected chi connectivity index (χ3v) is 3.31. The molecule has 0 atom stereocenters. The van der Waals surface area contributed by atoms with E-state index < -0.39 is 0 Å². The van der Waals surface area contributed by atoms with Crippen molar-refractivity contribution in [3.63, 3.8) is 0 Å². The summed E-state index contributed by atoms with van der Waals surface area (Å²) < 4.78 is 0. The van der Waals surface area contributed by atoms with E-state index >= 15 is 0 Å². The molecule has 0 saturated heterocycles. The number of aromatic nitrogens is 1. The second kappa shape index (κ2) is 3.56. The van der Waals surface area contributed by atoms with Crippen molar-refractivity contribution in [2.45, 2.75) is 46.5 Å². The van der Waals surface area contributed by atoms with Crippen LogP contribution in [-0.4, -0.2) is 10.9 Å². The fourth-order valence-electron chi connectivity index (χ4n) is 2.00. The molecule has 92 valence electrons. The first kappa shape index (κ1) is 12.1. The summed E-state index contributed by atoms with van der Waals surface area (Å²) in [5.74, 6) is 0.781. The van der Waals surface area contributed by atoms with Crippen LogP contribution in [0.15, 0.2) is 12.3 Å². The van der Waals surface area contributed by atoms with Crippen LogP contribution in [0, 0.1) is 5.41 Å². The molecule has 1 aromatic rings. The second-order valence-corrected chi connectivity index (χ2v) is 6.50. The lowest BCUT2D eigenvalue weighted by molar-refractivity contribution is -0.124. The van der Waals surface area contributed by atoms with Crippen molar-refractivity contribution in [3.05, 3.63) is 23.4 Å². The number of carbonyl (C=O) groups is 1. The minimum atomic E-state index is -0.342. The zero-order valence-electron chi connectivity index (χ0n) is 11.2. The molecule has 1 aliphatic heterocycles. The Balaban J connectivity index is 2.45. The van der Waals surface area contributed by atoms with Crippen LogP contribution < -0.4 is 5.32 Å². The summed E-state index contributed by atoms with van der Waals surface area (Å²) >= 11 is 0. The van der Waals surface area contributed by atoms with Crippen molar-refractivity contribution < 1.29 is 4.79 Å². The molecule has 3 heteroatoms. The van der Waals surface area contributed by atoms with Gasteiger partial charge in [-0.2, -0.15) is 0 Å². The van der Waals surface area contributed by atoms with Crippen molar-refractivity contribution in [2.75, 3.05) is 5.32 Å². The van der Waals surface area contributed by atoms with Crippen LogP contribution in [0.2, 0.25) is 0 Å². The summed E-state index contributed by atoms with van der Waals surface area (Å²) in [5.41, 5.74) is 2.10. The number of pyridine rings is 1. The normalized spacial score (nSPS) is 18.5. The van der Waals surface area contributed by atoms with Gasteiger partial charge in [0.2, 0.25) is 5.91 Å². The highest BCUT2D eigenvalue weighted by atomic mass is 16.2. The highest BCUT2D eigenvalue weighted by Crippen LogP contribution is 2.34. The Morgan fingerprint density at radius 2 is 2.00 bits per heavy atom. The van der Waals surface area contributed by atoms with Gasteiger partial charge in [0.15, 0.2) is 0 Å². The zero-order chi connectivity index (χ0) is 12.8. The summed E-state index contributed by atoms with van der Waals surface area (Å²) in [7, 11) is 0. The summed E-state index contributed by atoms with van der Waals surface area (Å²) in [6.45, 7) is 10.4. The first-order valence-corrected chi connectivity index (χ1v) is 6.01. The molecule has 0 saturated carbocycles. The smallest absolute Gasteiger partial charge is 0.231 e. The number of amides is 1. The van der Waals surface area contributed by atoms with E-state index in [1.807, 2.05) is 20.0 Å². The van der Waals surface area contributed by atoms with Gasteiger partial charge in [0.25, 0.3) is 0 Å². The summed E-state index contributed by atoms with van der Waals surface area (Å²) in [4.78, 5) is 16.2. The molecule has 1 N–H and O–H groups in total. The van der Waals surface area contributed by atoms with E-state index in [4.69, 9.17) is 0 Å². The number of hydrogen-bond donors (Lipinski definition) is 1. The molecule has 0 radical (unpaired) electrons. The van der Waals surface area contributed by atoms with E-state index in [1.165, 1.54) is 5.56 Å². The topological polar surface area (TPSA) is 42.0 Å². The molecular formula is C14H20N2O. The summed E-state index contributed by atoms with van der Waals surface area (Å²) in [6, 6.07) is 2.17. The maximum atomic E-state index is 11.8. The number of nitrogens with one attached hydrogen (secondary N) is 1. The molecule has 2 heterocycles. The van der Waals surface area contributed by atoms with E-state index in [0.29, 0.717) is 0 Å². The molecule has 0 aromatic carbocycles. The molecule has 0 unspecified atom stereocenters. The first-order chi connectivity index (χ1) is 7.70. The fourth-order valence-corrected chi connectivity index (χ4v) is 2.00. The van der Waals surface area contributed by atoms with Crippen molar-refractivity contribution in [3.8, 4) is 0 Å². The highest BCUT2D eigenvalue weighted by Gasteiger charge is 2.34. The Hall–Kier alpha value is -1.38. The van der Waals surface area contributed by atoms with Gasteiger partial charge in [0, 0.05) is 11.6 Å². The third kappa shape index (κ3) is 2.19. The number of carbonyl (C=O) groups excluding carboxylic acids is 1. The van der Waals surface area contributed by atoms with Crippen LogP contribution in [0.1, 0.15) is 45.7 Å². The van der Waals surface area contributed by atoms with Crippen molar-refractivity contribution in [1.82, 2.24) is 4.98 Å². The lowest BCUT2D eigenvalue weighted by atomic mass is 9.80. The average molecular weight is 232 g/mol. The Morgan fingerprint density at radius 1 is 1.35 bits per heavy atom. The van der Waals surface area contributed by atoms with Crippen LogP contribution in [0.5, 0.6) is 0 Å². The second-order valence-electron chi connectivity index (χ2n) is 6.50. The quantitative estimate of drug-likeness (QED) is 0.747. The van der Waals surface area contributed by atoms with Gasteiger partial charge in [-0.25, -0.2) is 4.98 Å². The lowest BCUT2D eigenvalue weighted by Gasteiger charge is -2.31. The van der Waals surface area contributed by atoms with Gasteiger partial charge in [-0.1, -0.05) is 40.7 Å².